The molecule has 1 saturated heterocycles. The Morgan fingerprint density at radius 1 is 1.28 bits per heavy atom. The summed E-state index contributed by atoms with van der Waals surface area (Å²) in [5.41, 5.74) is 1.41. The first-order valence-corrected chi connectivity index (χ1v) is 6.25. The van der Waals surface area contributed by atoms with Gasteiger partial charge in [-0.25, -0.2) is 4.79 Å². The minimum absolute atomic E-state index is 0.0697. The molecule has 1 fully saturated rings. The summed E-state index contributed by atoms with van der Waals surface area (Å²) in [5.74, 6) is 0.646. The van der Waals surface area contributed by atoms with Gasteiger partial charge in [-0.3, -0.25) is 0 Å². The number of carbonyl (C=O) groups is 1. The second-order valence-electron chi connectivity index (χ2n) is 4.77. The first-order chi connectivity index (χ1) is 8.58. The second-order valence-corrected chi connectivity index (χ2v) is 4.77. The molecule has 6 nitrogen and oxygen atoms in total. The number of anilines is 1. The van der Waals surface area contributed by atoms with Crippen LogP contribution in [0, 0.1) is 13.8 Å². The number of aryl methyl sites for hydroxylation is 2. The van der Waals surface area contributed by atoms with Crippen LogP contribution in [0.5, 0.6) is 0 Å². The van der Waals surface area contributed by atoms with Crippen molar-refractivity contribution in [1.82, 2.24) is 15.0 Å². The molecule has 0 radical (unpaired) electrons. The third-order valence-electron chi connectivity index (χ3n) is 3.27. The van der Waals surface area contributed by atoms with E-state index in [1.165, 1.54) is 0 Å². The predicted octanol–water partition coefficient (Wildman–Crippen LogP) is 1.46. The fourth-order valence-corrected chi connectivity index (χ4v) is 2.10. The monoisotopic (exact) mass is 252 g/mol. The molecule has 2 amide bonds. The smallest absolute Gasteiger partial charge is 0.322 e. The van der Waals surface area contributed by atoms with Gasteiger partial charge in [0.15, 0.2) is 5.76 Å². The number of aromatic nitrogens is 1. The Morgan fingerprint density at radius 3 is 2.72 bits per heavy atom. The van der Waals surface area contributed by atoms with Crippen molar-refractivity contribution in [2.75, 3.05) is 38.5 Å². The molecule has 1 aliphatic heterocycles. The number of hydrogen-bond acceptors (Lipinski definition) is 4. The fourth-order valence-electron chi connectivity index (χ4n) is 2.10. The van der Waals surface area contributed by atoms with Crippen LogP contribution in [-0.4, -0.2) is 54.2 Å². The summed E-state index contributed by atoms with van der Waals surface area (Å²) < 4.78 is 5.03. The topological polar surface area (TPSA) is 61.6 Å². The molecule has 0 atom stereocenters. The van der Waals surface area contributed by atoms with Gasteiger partial charge in [0.1, 0.15) is 11.4 Å². The molecule has 0 spiro atoms. The Labute approximate surface area is 107 Å². The van der Waals surface area contributed by atoms with E-state index in [1.807, 2.05) is 11.8 Å². The molecule has 0 unspecified atom stereocenters. The highest BCUT2D eigenvalue weighted by atomic mass is 16.5. The van der Waals surface area contributed by atoms with Crippen molar-refractivity contribution in [3.8, 4) is 0 Å². The summed E-state index contributed by atoms with van der Waals surface area (Å²) >= 11 is 0. The van der Waals surface area contributed by atoms with Gasteiger partial charge in [-0.2, -0.15) is 0 Å². The molecular weight excluding hydrogens is 232 g/mol. The molecule has 1 aliphatic rings. The van der Waals surface area contributed by atoms with Gasteiger partial charge in [0, 0.05) is 19.6 Å². The molecule has 100 valence electrons. The van der Waals surface area contributed by atoms with E-state index in [4.69, 9.17) is 4.52 Å². The summed E-state index contributed by atoms with van der Waals surface area (Å²) in [6.07, 6.45) is 1.01. The number of likely N-dealkylation sites (N-methyl/N-ethyl adjacent to an activating group) is 1. The van der Waals surface area contributed by atoms with Gasteiger partial charge in [0.05, 0.1) is 0 Å². The summed E-state index contributed by atoms with van der Waals surface area (Å²) in [7, 11) is 2.08. The van der Waals surface area contributed by atoms with Crippen molar-refractivity contribution in [3.05, 3.63) is 11.5 Å². The van der Waals surface area contributed by atoms with Crippen molar-refractivity contribution in [1.29, 1.82) is 0 Å². The van der Waals surface area contributed by atoms with Gasteiger partial charge in [0.25, 0.3) is 0 Å². The molecule has 0 aliphatic carbocycles. The van der Waals surface area contributed by atoms with Crippen molar-refractivity contribution in [2.45, 2.75) is 20.3 Å². The lowest BCUT2D eigenvalue weighted by Crippen LogP contribution is -2.37. The number of nitrogens with one attached hydrogen (secondary N) is 1. The van der Waals surface area contributed by atoms with Gasteiger partial charge in [-0.05, 0) is 33.9 Å². The zero-order valence-corrected chi connectivity index (χ0v) is 11.2. The van der Waals surface area contributed by atoms with Crippen LogP contribution >= 0.6 is 0 Å². The Morgan fingerprint density at radius 2 is 2.06 bits per heavy atom. The average Bonchev–Trinajstić information content (AvgIpc) is 2.56. The standard InChI is InChI=1S/C12H20N4O2/c1-9-11(10(2)18-14-9)13-12(17)16-6-4-5-15(3)7-8-16/h4-8H2,1-3H3,(H,13,17). The van der Waals surface area contributed by atoms with E-state index < -0.39 is 0 Å². The third kappa shape index (κ3) is 2.81. The average molecular weight is 252 g/mol. The van der Waals surface area contributed by atoms with E-state index in [9.17, 15) is 4.79 Å². The Bertz CT molecular complexity index is 410. The van der Waals surface area contributed by atoms with E-state index in [-0.39, 0.29) is 6.03 Å². The molecular formula is C12H20N4O2. The van der Waals surface area contributed by atoms with E-state index in [1.54, 1.807) is 6.92 Å². The minimum Gasteiger partial charge on any atom is -0.359 e. The fraction of sp³-hybridized carbons (Fsp3) is 0.667. The highest BCUT2D eigenvalue weighted by Gasteiger charge is 2.19. The lowest BCUT2D eigenvalue weighted by molar-refractivity contribution is 0.213. The van der Waals surface area contributed by atoms with Gasteiger partial charge >= 0.3 is 6.03 Å². The Kier molecular flexibility index (Phi) is 3.86. The van der Waals surface area contributed by atoms with Crippen LogP contribution in [0.4, 0.5) is 10.5 Å². The Balaban J connectivity index is 1.99. The molecule has 2 rings (SSSR count). The summed E-state index contributed by atoms with van der Waals surface area (Å²) in [6, 6.07) is -0.0697. The second kappa shape index (κ2) is 5.39. The predicted molar refractivity (Wildman–Crippen MR) is 68.7 cm³/mol. The van der Waals surface area contributed by atoms with Crippen molar-refractivity contribution in [2.24, 2.45) is 0 Å². The van der Waals surface area contributed by atoms with Crippen LogP contribution < -0.4 is 5.32 Å². The van der Waals surface area contributed by atoms with Gasteiger partial charge < -0.3 is 19.6 Å². The minimum atomic E-state index is -0.0697. The first kappa shape index (κ1) is 12.9. The number of carbonyl (C=O) groups excluding carboxylic acids is 1. The molecule has 6 heteroatoms. The first-order valence-electron chi connectivity index (χ1n) is 6.25. The van der Waals surface area contributed by atoms with Crippen molar-refractivity contribution in [3.63, 3.8) is 0 Å². The van der Waals surface area contributed by atoms with Crippen LogP contribution in [-0.2, 0) is 0 Å². The summed E-state index contributed by atoms with van der Waals surface area (Å²) in [6.45, 7) is 7.11. The van der Waals surface area contributed by atoms with Crippen LogP contribution in [0.3, 0.4) is 0 Å². The number of urea groups is 1. The van der Waals surface area contributed by atoms with E-state index in [2.05, 4.69) is 22.4 Å². The van der Waals surface area contributed by atoms with Gasteiger partial charge in [0.2, 0.25) is 0 Å². The van der Waals surface area contributed by atoms with Crippen LogP contribution in [0.15, 0.2) is 4.52 Å². The summed E-state index contributed by atoms with van der Waals surface area (Å²) in [4.78, 5) is 16.2. The van der Waals surface area contributed by atoms with E-state index in [0.29, 0.717) is 17.1 Å². The zero-order valence-electron chi connectivity index (χ0n) is 11.2. The maximum absolute atomic E-state index is 12.2. The quantitative estimate of drug-likeness (QED) is 0.822. The molecule has 1 N–H and O–H groups in total. The summed E-state index contributed by atoms with van der Waals surface area (Å²) in [5, 5.41) is 6.71. The molecule has 1 aromatic heterocycles. The molecule has 2 heterocycles. The molecule has 0 bridgehead atoms. The number of rotatable bonds is 1. The SMILES string of the molecule is Cc1noc(C)c1NC(=O)N1CCCN(C)CC1. The maximum atomic E-state index is 12.2. The largest absolute Gasteiger partial charge is 0.359 e. The van der Waals surface area contributed by atoms with Crippen LogP contribution in [0.25, 0.3) is 0 Å². The molecule has 1 aromatic rings. The van der Waals surface area contributed by atoms with Crippen molar-refractivity contribution >= 4 is 11.7 Å². The molecule has 0 saturated carbocycles. The van der Waals surface area contributed by atoms with E-state index in [0.717, 1.165) is 32.6 Å². The number of hydrogen-bond donors (Lipinski definition) is 1. The zero-order chi connectivity index (χ0) is 13.1. The lowest BCUT2D eigenvalue weighted by atomic mass is 10.3. The van der Waals surface area contributed by atoms with Crippen molar-refractivity contribution < 1.29 is 9.32 Å². The number of amides is 2. The normalized spacial score (nSPS) is 17.6. The van der Waals surface area contributed by atoms with Crippen LogP contribution in [0.2, 0.25) is 0 Å². The third-order valence-corrected chi connectivity index (χ3v) is 3.27. The number of nitrogens with zero attached hydrogens (tertiary/aromatic N) is 3. The molecule has 18 heavy (non-hydrogen) atoms. The van der Waals surface area contributed by atoms with E-state index >= 15 is 0 Å². The highest BCUT2D eigenvalue weighted by molar-refractivity contribution is 5.90. The van der Waals surface area contributed by atoms with Gasteiger partial charge in [-0.1, -0.05) is 5.16 Å². The van der Waals surface area contributed by atoms with Gasteiger partial charge in [-0.15, -0.1) is 0 Å². The molecule has 0 aromatic carbocycles. The highest BCUT2D eigenvalue weighted by Crippen LogP contribution is 2.19. The maximum Gasteiger partial charge on any atom is 0.322 e. The van der Waals surface area contributed by atoms with Crippen LogP contribution in [0.1, 0.15) is 17.9 Å². The lowest BCUT2D eigenvalue weighted by Gasteiger charge is -2.20. The Hall–Kier alpha value is -1.56.